The standard InChI is InChI=1S/C19H22N2O3/c1-12-5-4-6-15-14(10-20-18(12)15)9-17(22)21-11-19(3,23)16-8-7-13(2)24-16/h4-8,10,20,23H,9,11H2,1-3H3,(H,21,22). The first-order valence-electron chi connectivity index (χ1n) is 7.98. The third-order valence-electron chi connectivity index (χ3n) is 4.26. The van der Waals surface area contributed by atoms with E-state index >= 15 is 0 Å². The minimum absolute atomic E-state index is 0.0974. The van der Waals surface area contributed by atoms with Gasteiger partial charge in [-0.05, 0) is 44.0 Å². The van der Waals surface area contributed by atoms with Crippen LogP contribution in [0.4, 0.5) is 0 Å². The van der Waals surface area contributed by atoms with E-state index in [1.54, 1.807) is 19.1 Å². The van der Waals surface area contributed by atoms with Gasteiger partial charge in [0.2, 0.25) is 5.91 Å². The molecule has 0 saturated heterocycles. The number of aliphatic hydroxyl groups is 1. The van der Waals surface area contributed by atoms with Gasteiger partial charge in [-0.15, -0.1) is 0 Å². The summed E-state index contributed by atoms with van der Waals surface area (Å²) in [5, 5.41) is 14.3. The van der Waals surface area contributed by atoms with Gasteiger partial charge in [0.05, 0.1) is 13.0 Å². The Labute approximate surface area is 140 Å². The van der Waals surface area contributed by atoms with Gasteiger partial charge in [-0.25, -0.2) is 0 Å². The third kappa shape index (κ3) is 3.21. The van der Waals surface area contributed by atoms with Crippen LogP contribution in [0.2, 0.25) is 0 Å². The molecule has 0 spiro atoms. The van der Waals surface area contributed by atoms with Crippen molar-refractivity contribution in [1.82, 2.24) is 10.3 Å². The number of nitrogens with one attached hydrogen (secondary N) is 2. The second kappa shape index (κ2) is 6.17. The molecule has 2 heterocycles. The molecule has 1 atom stereocenters. The van der Waals surface area contributed by atoms with Crippen molar-refractivity contribution in [3.63, 3.8) is 0 Å². The van der Waals surface area contributed by atoms with E-state index in [1.807, 2.05) is 38.2 Å². The topological polar surface area (TPSA) is 78.3 Å². The average Bonchev–Trinajstić information content (AvgIpc) is 3.14. The molecule has 0 bridgehead atoms. The molecule has 0 aliphatic heterocycles. The molecule has 3 aromatic rings. The molecular weight excluding hydrogens is 304 g/mol. The number of hydrogen-bond donors (Lipinski definition) is 3. The van der Waals surface area contributed by atoms with Crippen molar-refractivity contribution >= 4 is 16.8 Å². The fraction of sp³-hybridized carbons (Fsp3) is 0.316. The van der Waals surface area contributed by atoms with Crippen LogP contribution in [-0.2, 0) is 16.8 Å². The van der Waals surface area contributed by atoms with Crippen LogP contribution in [0, 0.1) is 13.8 Å². The highest BCUT2D eigenvalue weighted by atomic mass is 16.4. The quantitative estimate of drug-likeness (QED) is 0.674. The fourth-order valence-corrected chi connectivity index (χ4v) is 2.83. The van der Waals surface area contributed by atoms with Crippen LogP contribution >= 0.6 is 0 Å². The average molecular weight is 326 g/mol. The molecule has 0 aliphatic rings. The van der Waals surface area contributed by atoms with Crippen LogP contribution < -0.4 is 5.32 Å². The number of aryl methyl sites for hydroxylation is 2. The second-order valence-electron chi connectivity index (χ2n) is 6.45. The molecule has 24 heavy (non-hydrogen) atoms. The van der Waals surface area contributed by atoms with Crippen molar-refractivity contribution in [1.29, 1.82) is 0 Å². The number of aromatic nitrogens is 1. The minimum atomic E-state index is -1.24. The molecule has 1 unspecified atom stereocenters. The Kier molecular flexibility index (Phi) is 4.20. The molecule has 5 heteroatoms. The number of benzene rings is 1. The second-order valence-corrected chi connectivity index (χ2v) is 6.45. The van der Waals surface area contributed by atoms with Gasteiger partial charge in [0.1, 0.15) is 17.1 Å². The Morgan fingerprint density at radius 3 is 2.79 bits per heavy atom. The van der Waals surface area contributed by atoms with E-state index in [0.29, 0.717) is 5.76 Å². The number of aromatic amines is 1. The van der Waals surface area contributed by atoms with E-state index in [-0.39, 0.29) is 18.9 Å². The Hall–Kier alpha value is -2.53. The summed E-state index contributed by atoms with van der Waals surface area (Å²) in [6.45, 7) is 5.57. The van der Waals surface area contributed by atoms with Crippen molar-refractivity contribution in [3.8, 4) is 0 Å². The van der Waals surface area contributed by atoms with Gasteiger partial charge < -0.3 is 19.8 Å². The molecule has 2 aromatic heterocycles. The van der Waals surface area contributed by atoms with Crippen LogP contribution in [0.3, 0.4) is 0 Å². The number of hydrogen-bond acceptors (Lipinski definition) is 3. The van der Waals surface area contributed by atoms with E-state index in [4.69, 9.17) is 4.42 Å². The van der Waals surface area contributed by atoms with Crippen LogP contribution in [0.5, 0.6) is 0 Å². The summed E-state index contributed by atoms with van der Waals surface area (Å²) in [5.41, 5.74) is 1.91. The van der Waals surface area contributed by atoms with Crippen molar-refractivity contribution in [2.75, 3.05) is 6.54 Å². The van der Waals surface area contributed by atoms with Gasteiger partial charge in [0.25, 0.3) is 0 Å². The lowest BCUT2D eigenvalue weighted by molar-refractivity contribution is -0.121. The zero-order valence-corrected chi connectivity index (χ0v) is 14.1. The van der Waals surface area contributed by atoms with Crippen molar-refractivity contribution in [3.05, 3.63) is 59.2 Å². The monoisotopic (exact) mass is 326 g/mol. The van der Waals surface area contributed by atoms with E-state index < -0.39 is 5.60 Å². The molecule has 1 amide bonds. The zero-order chi connectivity index (χ0) is 17.3. The predicted octanol–water partition coefficient (Wildman–Crippen LogP) is 2.94. The normalized spacial score (nSPS) is 13.8. The largest absolute Gasteiger partial charge is 0.463 e. The van der Waals surface area contributed by atoms with Crippen LogP contribution in [0.25, 0.3) is 10.9 Å². The van der Waals surface area contributed by atoms with Crippen LogP contribution in [-0.4, -0.2) is 22.5 Å². The maximum absolute atomic E-state index is 12.3. The number of rotatable bonds is 5. The molecule has 126 valence electrons. The van der Waals surface area contributed by atoms with Crippen molar-refractivity contribution in [2.45, 2.75) is 32.8 Å². The summed E-state index contributed by atoms with van der Waals surface area (Å²) in [4.78, 5) is 15.5. The Balaban J connectivity index is 1.66. The lowest BCUT2D eigenvalue weighted by Gasteiger charge is -2.21. The highest BCUT2D eigenvalue weighted by Gasteiger charge is 2.27. The minimum Gasteiger partial charge on any atom is -0.463 e. The molecular formula is C19H22N2O3. The number of carbonyl (C=O) groups is 1. The first-order chi connectivity index (χ1) is 11.4. The smallest absolute Gasteiger partial charge is 0.224 e. The summed E-state index contributed by atoms with van der Waals surface area (Å²) in [7, 11) is 0. The SMILES string of the molecule is Cc1ccc(C(C)(O)CNC(=O)Cc2c[nH]c3c(C)cccc23)o1. The van der Waals surface area contributed by atoms with Gasteiger partial charge in [0, 0.05) is 17.1 Å². The highest BCUT2D eigenvalue weighted by molar-refractivity contribution is 5.90. The van der Waals surface area contributed by atoms with Crippen molar-refractivity contribution < 1.29 is 14.3 Å². The van der Waals surface area contributed by atoms with Gasteiger partial charge in [-0.1, -0.05) is 18.2 Å². The Morgan fingerprint density at radius 1 is 1.29 bits per heavy atom. The van der Waals surface area contributed by atoms with Gasteiger partial charge in [-0.2, -0.15) is 0 Å². The van der Waals surface area contributed by atoms with Crippen LogP contribution in [0.1, 0.15) is 29.6 Å². The first kappa shape index (κ1) is 16.3. The summed E-state index contributed by atoms with van der Waals surface area (Å²) in [6, 6.07) is 9.54. The lowest BCUT2D eigenvalue weighted by Crippen LogP contribution is -2.39. The van der Waals surface area contributed by atoms with E-state index in [2.05, 4.69) is 10.3 Å². The number of carbonyl (C=O) groups excluding carboxylic acids is 1. The van der Waals surface area contributed by atoms with Gasteiger partial charge >= 0.3 is 0 Å². The number of fused-ring (bicyclic) bond motifs is 1. The Bertz CT molecular complexity index is 874. The molecule has 0 radical (unpaired) electrons. The number of furan rings is 1. The summed E-state index contributed by atoms with van der Waals surface area (Å²) < 4.78 is 5.45. The van der Waals surface area contributed by atoms with Gasteiger partial charge in [0.15, 0.2) is 0 Å². The maximum atomic E-state index is 12.3. The summed E-state index contributed by atoms with van der Waals surface area (Å²) >= 11 is 0. The first-order valence-corrected chi connectivity index (χ1v) is 7.98. The number of para-hydroxylation sites is 1. The van der Waals surface area contributed by atoms with Crippen molar-refractivity contribution in [2.24, 2.45) is 0 Å². The van der Waals surface area contributed by atoms with E-state index in [9.17, 15) is 9.90 Å². The molecule has 0 saturated carbocycles. The molecule has 3 N–H and O–H groups in total. The molecule has 5 nitrogen and oxygen atoms in total. The summed E-state index contributed by atoms with van der Waals surface area (Å²) in [5.74, 6) is 1.04. The molecule has 0 aliphatic carbocycles. The molecule has 3 rings (SSSR count). The third-order valence-corrected chi connectivity index (χ3v) is 4.26. The summed E-state index contributed by atoms with van der Waals surface area (Å²) in [6.07, 6.45) is 2.13. The highest BCUT2D eigenvalue weighted by Crippen LogP contribution is 2.23. The predicted molar refractivity (Wildman–Crippen MR) is 92.8 cm³/mol. The van der Waals surface area contributed by atoms with Crippen LogP contribution in [0.15, 0.2) is 40.9 Å². The van der Waals surface area contributed by atoms with Gasteiger partial charge in [-0.3, -0.25) is 4.79 Å². The lowest BCUT2D eigenvalue weighted by atomic mass is 10.0. The number of H-pyrrole nitrogens is 1. The molecule has 0 fully saturated rings. The zero-order valence-electron chi connectivity index (χ0n) is 14.1. The Morgan fingerprint density at radius 2 is 2.08 bits per heavy atom. The number of amides is 1. The van der Waals surface area contributed by atoms with E-state index in [0.717, 1.165) is 27.8 Å². The fourth-order valence-electron chi connectivity index (χ4n) is 2.83. The molecule has 1 aromatic carbocycles. The van der Waals surface area contributed by atoms with E-state index in [1.165, 1.54) is 0 Å². The maximum Gasteiger partial charge on any atom is 0.224 e.